The fourth-order valence-corrected chi connectivity index (χ4v) is 5.96. The molecule has 0 saturated carbocycles. The molecular weight excluding hydrogens is 412 g/mol. The van der Waals surface area contributed by atoms with Crippen molar-refractivity contribution in [2.24, 2.45) is 11.8 Å². The lowest BCUT2D eigenvalue weighted by atomic mass is 9.98. The maximum atomic E-state index is 12.5. The van der Waals surface area contributed by atoms with Gasteiger partial charge in [0.25, 0.3) is 15.9 Å². The zero-order valence-electron chi connectivity index (χ0n) is 17.4. The first kappa shape index (κ1) is 23.8. The highest BCUT2D eigenvalue weighted by molar-refractivity contribution is 7.91. The standard InChI is InChI=1S/C20H32N2O5S2/c1-15(2)6-4-7-16(3)21-18(23)14-27-20(24)17-9-11-22(12-10-17)29(25,26)19-8-5-13-28-19/h5,8,13,15-17H,4,6-7,9-12,14H2,1-3H3,(H,21,23). The van der Waals surface area contributed by atoms with Crippen molar-refractivity contribution in [3.05, 3.63) is 17.5 Å². The fraction of sp³-hybridized carbons (Fsp3) is 0.700. The first-order valence-corrected chi connectivity index (χ1v) is 12.5. The van der Waals surface area contributed by atoms with Gasteiger partial charge in [0.15, 0.2) is 6.61 Å². The third kappa shape index (κ3) is 7.38. The Kier molecular flexibility index (Phi) is 9.10. The number of hydrogen-bond donors (Lipinski definition) is 1. The second kappa shape index (κ2) is 11.1. The number of carbonyl (C=O) groups excluding carboxylic acids is 2. The molecule has 0 aliphatic carbocycles. The Morgan fingerprint density at radius 1 is 1.24 bits per heavy atom. The Morgan fingerprint density at radius 2 is 1.93 bits per heavy atom. The molecule has 1 atom stereocenters. The van der Waals surface area contributed by atoms with Crippen LogP contribution in [0.25, 0.3) is 0 Å². The molecule has 1 N–H and O–H groups in total. The fourth-order valence-electron chi connectivity index (χ4n) is 3.34. The Labute approximate surface area is 177 Å². The van der Waals surface area contributed by atoms with Gasteiger partial charge in [-0.1, -0.05) is 32.8 Å². The van der Waals surface area contributed by atoms with Crippen molar-refractivity contribution >= 4 is 33.2 Å². The molecule has 0 aromatic carbocycles. The van der Waals surface area contributed by atoms with E-state index in [1.165, 1.54) is 15.6 Å². The molecule has 2 heterocycles. The predicted molar refractivity (Wildman–Crippen MR) is 113 cm³/mol. The summed E-state index contributed by atoms with van der Waals surface area (Å²) in [7, 11) is -3.48. The number of piperidine rings is 1. The average Bonchev–Trinajstić information content (AvgIpc) is 3.21. The molecule has 9 heteroatoms. The van der Waals surface area contributed by atoms with Gasteiger partial charge in [-0.3, -0.25) is 9.59 Å². The minimum absolute atomic E-state index is 0.0469. The second-order valence-electron chi connectivity index (χ2n) is 8.01. The monoisotopic (exact) mass is 444 g/mol. The lowest BCUT2D eigenvalue weighted by molar-refractivity contribution is -0.153. The molecule has 7 nitrogen and oxygen atoms in total. The topological polar surface area (TPSA) is 92.8 Å². The molecule has 1 aromatic rings. The highest BCUT2D eigenvalue weighted by Crippen LogP contribution is 2.26. The molecule has 2 rings (SSSR count). The van der Waals surface area contributed by atoms with E-state index < -0.39 is 16.0 Å². The average molecular weight is 445 g/mol. The zero-order chi connectivity index (χ0) is 21.4. The van der Waals surface area contributed by atoms with Crippen LogP contribution in [0.3, 0.4) is 0 Å². The largest absolute Gasteiger partial charge is 0.455 e. The van der Waals surface area contributed by atoms with Crippen molar-refractivity contribution in [1.29, 1.82) is 0 Å². The van der Waals surface area contributed by atoms with Crippen LogP contribution < -0.4 is 5.32 Å². The van der Waals surface area contributed by atoms with E-state index in [9.17, 15) is 18.0 Å². The number of rotatable bonds is 10. The van der Waals surface area contributed by atoms with Crippen LogP contribution in [0.15, 0.2) is 21.7 Å². The van der Waals surface area contributed by atoms with Crippen molar-refractivity contribution < 1.29 is 22.7 Å². The van der Waals surface area contributed by atoms with Crippen LogP contribution in [0.4, 0.5) is 0 Å². The van der Waals surface area contributed by atoms with Gasteiger partial charge in [0.2, 0.25) is 0 Å². The molecule has 0 bridgehead atoms. The minimum atomic E-state index is -3.48. The van der Waals surface area contributed by atoms with Crippen LogP contribution in [0.1, 0.15) is 52.9 Å². The SMILES string of the molecule is CC(C)CCCC(C)NC(=O)COC(=O)C1CCN(S(=O)(=O)c2cccs2)CC1. The molecule has 1 unspecified atom stereocenters. The van der Waals surface area contributed by atoms with Gasteiger partial charge in [0.05, 0.1) is 5.92 Å². The molecule has 0 spiro atoms. The van der Waals surface area contributed by atoms with Crippen molar-refractivity contribution in [2.45, 2.75) is 63.1 Å². The zero-order valence-corrected chi connectivity index (χ0v) is 19.1. The maximum Gasteiger partial charge on any atom is 0.309 e. The van der Waals surface area contributed by atoms with Gasteiger partial charge >= 0.3 is 5.97 Å². The highest BCUT2D eigenvalue weighted by Gasteiger charge is 2.33. The summed E-state index contributed by atoms with van der Waals surface area (Å²) in [4.78, 5) is 24.2. The maximum absolute atomic E-state index is 12.5. The Morgan fingerprint density at radius 3 is 2.52 bits per heavy atom. The molecular formula is C20H32N2O5S2. The number of amides is 1. The van der Waals surface area contributed by atoms with Crippen LogP contribution in [-0.4, -0.2) is 50.3 Å². The van der Waals surface area contributed by atoms with E-state index in [0.29, 0.717) is 23.0 Å². The normalized spacial score (nSPS) is 17.2. The lowest BCUT2D eigenvalue weighted by Gasteiger charge is -2.29. The number of carbonyl (C=O) groups is 2. The summed E-state index contributed by atoms with van der Waals surface area (Å²) in [6, 6.07) is 3.34. The van der Waals surface area contributed by atoms with Gasteiger partial charge in [-0.15, -0.1) is 11.3 Å². The van der Waals surface area contributed by atoms with E-state index in [-0.39, 0.29) is 37.6 Å². The molecule has 164 valence electrons. The van der Waals surface area contributed by atoms with E-state index in [1.807, 2.05) is 6.92 Å². The summed E-state index contributed by atoms with van der Waals surface area (Å²) in [6.07, 6.45) is 3.87. The molecule has 1 amide bonds. The molecule has 1 aliphatic heterocycles. The van der Waals surface area contributed by atoms with Crippen molar-refractivity contribution in [3.8, 4) is 0 Å². The molecule has 1 saturated heterocycles. The number of sulfonamides is 1. The second-order valence-corrected chi connectivity index (χ2v) is 11.1. The molecule has 1 aromatic heterocycles. The van der Waals surface area contributed by atoms with E-state index in [1.54, 1.807) is 17.5 Å². The number of nitrogens with zero attached hydrogens (tertiary/aromatic N) is 1. The van der Waals surface area contributed by atoms with Gasteiger partial charge < -0.3 is 10.1 Å². The summed E-state index contributed by atoms with van der Waals surface area (Å²) < 4.78 is 31.9. The Hall–Kier alpha value is -1.45. The molecule has 1 fully saturated rings. The van der Waals surface area contributed by atoms with E-state index in [4.69, 9.17) is 4.74 Å². The quantitative estimate of drug-likeness (QED) is 0.560. The van der Waals surface area contributed by atoms with Gasteiger partial charge in [0.1, 0.15) is 4.21 Å². The number of esters is 1. The first-order chi connectivity index (χ1) is 13.7. The van der Waals surface area contributed by atoms with Crippen molar-refractivity contribution in [3.63, 3.8) is 0 Å². The van der Waals surface area contributed by atoms with Crippen LogP contribution in [0.5, 0.6) is 0 Å². The number of thiophene rings is 1. The summed E-state index contributed by atoms with van der Waals surface area (Å²) >= 11 is 1.19. The van der Waals surface area contributed by atoms with Crippen LogP contribution in [0.2, 0.25) is 0 Å². The smallest absolute Gasteiger partial charge is 0.309 e. The number of hydrogen-bond acceptors (Lipinski definition) is 6. The van der Waals surface area contributed by atoms with E-state index in [0.717, 1.165) is 19.3 Å². The predicted octanol–water partition coefficient (Wildman–Crippen LogP) is 3.02. The van der Waals surface area contributed by atoms with Crippen LogP contribution in [-0.2, 0) is 24.3 Å². The van der Waals surface area contributed by atoms with Crippen LogP contribution in [0, 0.1) is 11.8 Å². The van der Waals surface area contributed by atoms with Crippen LogP contribution >= 0.6 is 11.3 Å². The van der Waals surface area contributed by atoms with Gasteiger partial charge in [-0.25, -0.2) is 8.42 Å². The minimum Gasteiger partial charge on any atom is -0.455 e. The number of nitrogens with one attached hydrogen (secondary N) is 1. The third-order valence-electron chi connectivity index (χ3n) is 5.05. The molecule has 1 aliphatic rings. The third-order valence-corrected chi connectivity index (χ3v) is 8.32. The Bertz CT molecular complexity index is 754. The van der Waals surface area contributed by atoms with Gasteiger partial charge in [-0.2, -0.15) is 4.31 Å². The number of ether oxygens (including phenoxy) is 1. The van der Waals surface area contributed by atoms with Crippen molar-refractivity contribution in [2.75, 3.05) is 19.7 Å². The highest BCUT2D eigenvalue weighted by atomic mass is 32.2. The summed E-state index contributed by atoms with van der Waals surface area (Å²) in [5, 5.41) is 4.58. The first-order valence-electron chi connectivity index (χ1n) is 10.2. The Balaban J connectivity index is 1.70. The summed E-state index contributed by atoms with van der Waals surface area (Å²) in [5.41, 5.74) is 0. The van der Waals surface area contributed by atoms with E-state index in [2.05, 4.69) is 19.2 Å². The van der Waals surface area contributed by atoms with Gasteiger partial charge in [0, 0.05) is 19.1 Å². The molecule has 29 heavy (non-hydrogen) atoms. The lowest BCUT2D eigenvalue weighted by Crippen LogP contribution is -2.41. The van der Waals surface area contributed by atoms with E-state index >= 15 is 0 Å². The summed E-state index contributed by atoms with van der Waals surface area (Å²) in [6.45, 7) is 6.55. The van der Waals surface area contributed by atoms with Gasteiger partial charge in [-0.05, 0) is 43.6 Å². The molecule has 0 radical (unpaired) electrons. The van der Waals surface area contributed by atoms with Crippen molar-refractivity contribution in [1.82, 2.24) is 9.62 Å². The summed E-state index contributed by atoms with van der Waals surface area (Å²) in [5.74, 6) is -0.458.